The molecule has 1 aliphatic rings. The van der Waals surface area contributed by atoms with E-state index in [9.17, 15) is 4.79 Å². The summed E-state index contributed by atoms with van der Waals surface area (Å²) in [7, 11) is 0. The first kappa shape index (κ1) is 15.4. The molecule has 1 atom stereocenters. The van der Waals surface area contributed by atoms with E-state index >= 15 is 0 Å². The second-order valence-corrected chi connectivity index (χ2v) is 5.14. The number of rotatable bonds is 3. The van der Waals surface area contributed by atoms with Gasteiger partial charge in [-0.2, -0.15) is 0 Å². The summed E-state index contributed by atoms with van der Waals surface area (Å²) < 4.78 is 4.97. The van der Waals surface area contributed by atoms with Gasteiger partial charge in [-0.25, -0.2) is 0 Å². The van der Waals surface area contributed by atoms with E-state index in [1.165, 1.54) is 25.7 Å². The Hall–Kier alpha value is 0.392. The average molecular weight is 408 g/mol. The van der Waals surface area contributed by atoms with Crippen molar-refractivity contribution in [1.29, 1.82) is 0 Å². The van der Waals surface area contributed by atoms with E-state index < -0.39 is 0 Å². The summed E-state index contributed by atoms with van der Waals surface area (Å²) in [5.41, 5.74) is 0.426. The Balaban J connectivity index is 0.00000196. The first-order chi connectivity index (χ1) is 6.53. The van der Waals surface area contributed by atoms with Crippen LogP contribution < -0.4 is 0 Å². The van der Waals surface area contributed by atoms with Gasteiger partial charge in [-0.3, -0.25) is 4.79 Å². The Kier molecular flexibility index (Phi) is 7.04. The van der Waals surface area contributed by atoms with Crippen LogP contribution in [0, 0.1) is 11.3 Å². The summed E-state index contributed by atoms with van der Waals surface area (Å²) in [6, 6.07) is 0. The number of hydrogen-bond acceptors (Lipinski definition) is 2. The zero-order valence-electron chi connectivity index (χ0n) is 10.3. The summed E-state index contributed by atoms with van der Waals surface area (Å²) in [5, 5.41) is 0. The topological polar surface area (TPSA) is 26.3 Å². The first-order valence-corrected chi connectivity index (χ1v) is 5.69. The van der Waals surface area contributed by atoms with Gasteiger partial charge in [0.1, 0.15) is 0 Å². The standard InChI is InChI=1S/C12H22O2.Pb.2H/c1-4-14-11(13)8-10-6-5-7-12(2,3)9-10;;;/h10H,4-9H2,1-3H3;;;. The van der Waals surface area contributed by atoms with Crippen molar-refractivity contribution in [3.8, 4) is 0 Å². The third-order valence-corrected chi connectivity index (χ3v) is 3.07. The van der Waals surface area contributed by atoms with Crippen LogP contribution in [0.1, 0.15) is 52.9 Å². The van der Waals surface area contributed by atoms with Crippen molar-refractivity contribution in [2.45, 2.75) is 52.9 Å². The maximum absolute atomic E-state index is 11.3. The number of esters is 1. The van der Waals surface area contributed by atoms with Crippen LogP contribution in [0.4, 0.5) is 0 Å². The molecule has 0 aromatic rings. The molecule has 15 heavy (non-hydrogen) atoms. The van der Waals surface area contributed by atoms with Crippen LogP contribution in [-0.4, -0.2) is 39.9 Å². The predicted octanol–water partition coefficient (Wildman–Crippen LogP) is 2.24. The molecule has 3 heteroatoms. The van der Waals surface area contributed by atoms with Crippen LogP contribution in [0.15, 0.2) is 0 Å². The van der Waals surface area contributed by atoms with E-state index in [2.05, 4.69) is 13.8 Å². The Bertz CT molecular complexity index is 202. The van der Waals surface area contributed by atoms with Crippen LogP contribution >= 0.6 is 0 Å². The van der Waals surface area contributed by atoms with Gasteiger partial charge < -0.3 is 4.74 Å². The molecule has 0 N–H and O–H groups in total. The molecule has 1 aliphatic carbocycles. The Labute approximate surface area is 113 Å². The van der Waals surface area contributed by atoms with Crippen molar-refractivity contribution in [1.82, 2.24) is 0 Å². The summed E-state index contributed by atoms with van der Waals surface area (Å²) in [5.74, 6) is 0.535. The van der Waals surface area contributed by atoms with Gasteiger partial charge in [0.2, 0.25) is 0 Å². The number of ether oxygens (including phenoxy) is 1. The molecule has 1 rings (SSSR count). The van der Waals surface area contributed by atoms with E-state index in [0.29, 0.717) is 24.4 Å². The summed E-state index contributed by atoms with van der Waals surface area (Å²) in [6.45, 7) is 6.96. The Morgan fingerprint density at radius 1 is 1.47 bits per heavy atom. The third-order valence-electron chi connectivity index (χ3n) is 3.07. The molecule has 88 valence electrons. The molecule has 2 radical (unpaired) electrons. The maximum atomic E-state index is 11.3. The monoisotopic (exact) mass is 408 g/mol. The van der Waals surface area contributed by atoms with Gasteiger partial charge in [-0.15, -0.1) is 0 Å². The molecule has 0 spiro atoms. The second-order valence-electron chi connectivity index (χ2n) is 5.14. The molecule has 2 nitrogen and oxygen atoms in total. The average Bonchev–Trinajstić information content (AvgIpc) is 2.02. The van der Waals surface area contributed by atoms with Crippen molar-refractivity contribution in [2.24, 2.45) is 11.3 Å². The molecule has 0 aromatic carbocycles. The molecule has 0 bridgehead atoms. The third kappa shape index (κ3) is 5.88. The van der Waals surface area contributed by atoms with Crippen molar-refractivity contribution >= 4 is 33.3 Å². The van der Waals surface area contributed by atoms with Crippen LogP contribution in [0.3, 0.4) is 0 Å². The second kappa shape index (κ2) is 6.86. The molecule has 1 fully saturated rings. The van der Waals surface area contributed by atoms with Gasteiger partial charge in [0.15, 0.2) is 0 Å². The number of carbonyl (C=O) groups is 1. The van der Waals surface area contributed by atoms with Crippen molar-refractivity contribution in [3.63, 3.8) is 0 Å². The van der Waals surface area contributed by atoms with Crippen molar-refractivity contribution < 1.29 is 9.53 Å². The molecule has 0 amide bonds. The molecule has 0 saturated heterocycles. The van der Waals surface area contributed by atoms with Crippen LogP contribution in [0.25, 0.3) is 0 Å². The molecule has 0 aliphatic heterocycles. The molecular formula is C12H24O2Pb. The zero-order valence-corrected chi connectivity index (χ0v) is 15.8. The Morgan fingerprint density at radius 3 is 2.67 bits per heavy atom. The molecule has 0 aromatic heterocycles. The van der Waals surface area contributed by atoms with E-state index in [4.69, 9.17) is 4.74 Å². The minimum absolute atomic E-state index is 0. The van der Waals surface area contributed by atoms with Gasteiger partial charge in [0.05, 0.1) is 6.61 Å². The van der Waals surface area contributed by atoms with Crippen LogP contribution in [0.2, 0.25) is 0 Å². The van der Waals surface area contributed by atoms with Crippen LogP contribution in [-0.2, 0) is 9.53 Å². The number of carbonyl (C=O) groups excluding carboxylic acids is 1. The van der Waals surface area contributed by atoms with Crippen LogP contribution in [0.5, 0.6) is 0 Å². The van der Waals surface area contributed by atoms with Gasteiger partial charge in [0.25, 0.3) is 0 Å². The minimum atomic E-state index is -0.0183. The van der Waals surface area contributed by atoms with Crippen molar-refractivity contribution in [3.05, 3.63) is 0 Å². The molecule has 1 saturated carbocycles. The van der Waals surface area contributed by atoms with Gasteiger partial charge in [0, 0.05) is 6.42 Å². The van der Waals surface area contributed by atoms with Gasteiger partial charge in [-0.1, -0.05) is 20.3 Å². The molecular weight excluding hydrogens is 383 g/mol. The SMILES string of the molecule is CCOC(=O)CC1CCCC(C)(C)C1.[PbH2]. The molecule has 0 heterocycles. The van der Waals surface area contributed by atoms with E-state index in [-0.39, 0.29) is 33.3 Å². The van der Waals surface area contributed by atoms with E-state index in [0.717, 1.165) is 0 Å². The van der Waals surface area contributed by atoms with Crippen molar-refractivity contribution in [2.75, 3.05) is 6.61 Å². The fourth-order valence-electron chi connectivity index (χ4n) is 2.48. The predicted molar refractivity (Wildman–Crippen MR) is 65.5 cm³/mol. The fraction of sp³-hybridized carbons (Fsp3) is 0.917. The normalized spacial score (nSPS) is 24.1. The van der Waals surface area contributed by atoms with Gasteiger partial charge >= 0.3 is 33.3 Å². The first-order valence-electron chi connectivity index (χ1n) is 5.69. The fourth-order valence-corrected chi connectivity index (χ4v) is 2.48. The summed E-state index contributed by atoms with van der Waals surface area (Å²) in [4.78, 5) is 11.3. The quantitative estimate of drug-likeness (QED) is 0.530. The summed E-state index contributed by atoms with van der Waals surface area (Å²) >= 11 is 0. The Morgan fingerprint density at radius 2 is 2.13 bits per heavy atom. The van der Waals surface area contributed by atoms with E-state index in [1.54, 1.807) is 0 Å². The molecule has 1 unspecified atom stereocenters. The van der Waals surface area contributed by atoms with E-state index in [1.807, 2.05) is 6.92 Å². The number of hydrogen-bond donors (Lipinski definition) is 0. The zero-order chi connectivity index (χ0) is 10.6. The van der Waals surface area contributed by atoms with Gasteiger partial charge in [-0.05, 0) is 37.5 Å². The summed E-state index contributed by atoms with van der Waals surface area (Å²) in [6.07, 6.45) is 5.55.